The molecule has 0 aromatic rings. The first-order chi connectivity index (χ1) is 1.41. The molecule has 0 aliphatic heterocycles. The van der Waals surface area contributed by atoms with Gasteiger partial charge < -0.3 is 0 Å². The Kier molecular flexibility index (Phi) is 162. The first kappa shape index (κ1) is 27.3. The fourth-order valence-corrected chi connectivity index (χ4v) is 0. The molecule has 0 rings (SSSR count). The summed E-state index contributed by atoms with van der Waals surface area (Å²) >= 11 is -2.17. The Morgan fingerprint density at radius 3 is 0.833 bits per heavy atom. The van der Waals surface area contributed by atoms with Crippen molar-refractivity contribution in [2.75, 3.05) is 0 Å². The molecule has 0 fully saturated rings. The Morgan fingerprint density at radius 2 is 0.833 bits per heavy atom. The van der Waals surface area contributed by atoms with Crippen molar-refractivity contribution < 1.29 is 24.8 Å². The first-order valence-electron chi connectivity index (χ1n) is 0.309. The summed E-state index contributed by atoms with van der Waals surface area (Å²) < 4.78 is 17.1. The van der Waals surface area contributed by atoms with Gasteiger partial charge in [-0.15, -0.1) is 37.2 Å². The fourth-order valence-electron chi connectivity index (χ4n) is 0. The van der Waals surface area contributed by atoms with Crippen LogP contribution >= 0.6 is 37.2 Å². The van der Waals surface area contributed by atoms with Crippen LogP contribution in [0.25, 0.3) is 0 Å². The minimum atomic E-state index is -2.17. The van der Waals surface area contributed by atoms with Crippen LogP contribution in [0.3, 0.4) is 0 Å². The molecule has 0 bridgehead atoms. The van der Waals surface area contributed by atoms with E-state index in [1.54, 1.807) is 0 Å². The van der Waals surface area contributed by atoms with Crippen LogP contribution in [0.2, 0.25) is 0 Å². The zero-order valence-electron chi connectivity index (χ0n) is 2.42. The summed E-state index contributed by atoms with van der Waals surface area (Å²) in [6.45, 7) is 0. The van der Waals surface area contributed by atoms with Gasteiger partial charge in [0.15, 0.2) is 0 Å². The van der Waals surface area contributed by atoms with Crippen molar-refractivity contribution in [1.82, 2.24) is 0 Å². The van der Waals surface area contributed by atoms with Gasteiger partial charge in [-0.25, -0.2) is 0 Å². The molecule has 0 spiro atoms. The summed E-state index contributed by atoms with van der Waals surface area (Å²) in [7, 11) is 0. The zero-order valence-corrected chi connectivity index (χ0v) is 7.58. The van der Waals surface area contributed by atoms with Crippen LogP contribution in [0.5, 0.6) is 0 Å². The van der Waals surface area contributed by atoms with E-state index in [0.29, 0.717) is 0 Å². The van der Waals surface area contributed by atoms with E-state index >= 15 is 0 Å². The fraction of sp³-hybridized carbons (Fsp3) is 0. The second-order valence-corrected chi connectivity index (χ2v) is 0.516. The average Bonchev–Trinajstić information content (AvgIpc) is 0.918. The summed E-state index contributed by atoms with van der Waals surface area (Å²) in [4.78, 5) is 0. The Labute approximate surface area is 62.0 Å². The molecule has 0 saturated heterocycles. The van der Waals surface area contributed by atoms with Crippen LogP contribution in [-0.4, -0.2) is 0 Å². The van der Waals surface area contributed by atoms with Crippen LogP contribution in [0.1, 0.15) is 0 Å². The molecule has 0 radical (unpaired) electrons. The third-order valence-corrected chi connectivity index (χ3v) is 0. The first-order valence-corrected chi connectivity index (χ1v) is 2.53. The molecule has 0 aliphatic carbocycles. The molecule has 0 aliphatic rings. The van der Waals surface area contributed by atoms with Crippen LogP contribution in [0.4, 0.5) is 0 Å². The van der Waals surface area contributed by atoms with Crippen molar-refractivity contribution in [2.45, 2.75) is 0 Å². The second-order valence-electron chi connectivity index (χ2n) is 0.0630. The van der Waals surface area contributed by atoms with Gasteiger partial charge in [-0.05, 0) is 0 Å². The van der Waals surface area contributed by atoms with E-state index in [9.17, 15) is 0 Å². The number of hydrogen-bond donors (Lipinski definition) is 0. The van der Waals surface area contributed by atoms with Gasteiger partial charge in [0.25, 0.3) is 0 Å². The molecule has 0 heterocycles. The van der Waals surface area contributed by atoms with Crippen molar-refractivity contribution in [3.05, 3.63) is 0 Å². The summed E-state index contributed by atoms with van der Waals surface area (Å²) in [6.07, 6.45) is 0. The van der Waals surface area contributed by atoms with Crippen LogP contribution in [-0.2, 0) is 24.8 Å². The third-order valence-electron chi connectivity index (χ3n) is 0. The van der Waals surface area contributed by atoms with E-state index in [1.807, 2.05) is 0 Å². The van der Waals surface area contributed by atoms with Crippen molar-refractivity contribution in [1.29, 1.82) is 0 Å². The summed E-state index contributed by atoms with van der Waals surface area (Å²) in [5.41, 5.74) is 0. The molecule has 6 heavy (non-hydrogen) atoms. The van der Waals surface area contributed by atoms with E-state index in [0.717, 1.165) is 0 Å². The Hall–Kier alpha value is 1.13. The second kappa shape index (κ2) is 35.5. The Balaban J connectivity index is -0.00000000667. The van der Waals surface area contributed by atoms with Crippen LogP contribution in [0, 0.1) is 0 Å². The van der Waals surface area contributed by atoms with E-state index < -0.39 is 17.9 Å². The van der Waals surface area contributed by atoms with Crippen molar-refractivity contribution in [3.63, 3.8) is 0 Å². The molecule has 0 N–H and O–H groups in total. The quantitative estimate of drug-likeness (QED) is 0.666. The van der Waals surface area contributed by atoms with Gasteiger partial charge in [0.1, 0.15) is 0 Å². The van der Waals surface area contributed by atoms with Gasteiger partial charge in [0, 0.05) is 0 Å². The van der Waals surface area contributed by atoms with E-state index in [4.69, 9.17) is 6.94 Å². The summed E-state index contributed by atoms with van der Waals surface area (Å²) in [5, 5.41) is 0. The van der Waals surface area contributed by atoms with Gasteiger partial charge in [-0.2, -0.15) is 0 Å². The third kappa shape index (κ3) is 68.4. The maximum atomic E-state index is 8.53. The molecule has 0 amide bonds. The molecule has 0 aromatic heterocycles. The molecule has 0 saturated carbocycles. The molecule has 6 heteroatoms. The van der Waals surface area contributed by atoms with Gasteiger partial charge in [-0.1, -0.05) is 0 Å². The standard InChI is InChI=1S/3ClH.2O.Re/h3*1H;;;. The zero-order chi connectivity index (χ0) is 2.71. The van der Waals surface area contributed by atoms with E-state index in [-0.39, 0.29) is 37.2 Å². The normalized spacial score (nSPS) is 2.00. The van der Waals surface area contributed by atoms with Gasteiger partial charge in [0.05, 0.1) is 0 Å². The Bertz CT molecular complexity index is 29.8. The average molecular weight is 328 g/mol. The molecular formula is H3Cl3O2Re. The summed E-state index contributed by atoms with van der Waals surface area (Å²) in [6, 6.07) is 0. The van der Waals surface area contributed by atoms with Crippen molar-refractivity contribution in [2.24, 2.45) is 0 Å². The monoisotopic (exact) mass is 327 g/mol. The minimum absolute atomic E-state index is 0. The van der Waals surface area contributed by atoms with Gasteiger partial charge >= 0.3 is 24.8 Å². The summed E-state index contributed by atoms with van der Waals surface area (Å²) in [5.74, 6) is 0. The van der Waals surface area contributed by atoms with Gasteiger partial charge in [-0.3, -0.25) is 0 Å². The number of hydrogen-bond acceptors (Lipinski definition) is 2. The molecule has 0 aromatic carbocycles. The number of rotatable bonds is 0. The molecule has 0 atom stereocenters. The topological polar surface area (TPSA) is 34.1 Å². The molecule has 43 valence electrons. The predicted molar refractivity (Wildman–Crippen MR) is 23.1 cm³/mol. The van der Waals surface area contributed by atoms with Gasteiger partial charge in [0.2, 0.25) is 0 Å². The van der Waals surface area contributed by atoms with Crippen LogP contribution in [0.15, 0.2) is 0 Å². The van der Waals surface area contributed by atoms with E-state index in [1.165, 1.54) is 0 Å². The van der Waals surface area contributed by atoms with Crippen molar-refractivity contribution in [3.8, 4) is 0 Å². The van der Waals surface area contributed by atoms with E-state index in [2.05, 4.69) is 0 Å². The molecular weight excluding hydrogens is 325 g/mol. The Morgan fingerprint density at radius 1 is 0.833 bits per heavy atom. The molecule has 2 nitrogen and oxygen atoms in total. The van der Waals surface area contributed by atoms with Crippen LogP contribution < -0.4 is 0 Å². The SMILES string of the molecule is Cl.Cl.Cl.[O]=[Re]=[O]. The molecule has 0 unspecified atom stereocenters. The van der Waals surface area contributed by atoms with Crippen molar-refractivity contribution >= 4 is 37.2 Å². The number of halogens is 3. The maximum absolute atomic E-state index is 8.53. The predicted octanol–water partition coefficient (Wildman–Crippen LogP) is 1.03.